The zero-order valence-corrected chi connectivity index (χ0v) is 12.2. The molecule has 2 rings (SSSR count). The zero-order chi connectivity index (χ0) is 14.7. The van der Waals surface area contributed by atoms with Crippen LogP contribution in [-0.4, -0.2) is 16.2 Å². The molecule has 0 aliphatic heterocycles. The van der Waals surface area contributed by atoms with Gasteiger partial charge in [-0.25, -0.2) is 0 Å². The van der Waals surface area contributed by atoms with E-state index in [-0.39, 0.29) is 11.3 Å². The van der Waals surface area contributed by atoms with Crippen molar-refractivity contribution >= 4 is 33.5 Å². The Hall–Kier alpha value is -2.21. The number of hydrogen-bond acceptors (Lipinski definition) is 4. The van der Waals surface area contributed by atoms with Crippen molar-refractivity contribution in [2.24, 2.45) is 4.99 Å². The lowest BCUT2D eigenvalue weighted by atomic mass is 10.2. The van der Waals surface area contributed by atoms with E-state index in [4.69, 9.17) is 0 Å². The Bertz CT molecular complexity index is 699. The van der Waals surface area contributed by atoms with Gasteiger partial charge in [0.15, 0.2) is 0 Å². The largest absolute Gasteiger partial charge is 0.502 e. The topological polar surface area (TPSA) is 75.7 Å². The molecule has 2 aromatic carbocycles. The van der Waals surface area contributed by atoms with Gasteiger partial charge in [-0.3, -0.25) is 15.1 Å². The smallest absolute Gasteiger partial charge is 0.312 e. The molecule has 0 radical (unpaired) electrons. The second-order valence-electron chi connectivity index (χ2n) is 4.22. The van der Waals surface area contributed by atoms with Crippen LogP contribution in [0.25, 0.3) is 0 Å². The molecule has 0 unspecified atom stereocenters. The van der Waals surface area contributed by atoms with Crippen molar-refractivity contribution in [1.29, 1.82) is 0 Å². The maximum Gasteiger partial charge on any atom is 0.312 e. The summed E-state index contributed by atoms with van der Waals surface area (Å²) in [6.45, 7) is 1.94. The molecule has 6 heteroatoms. The lowest BCUT2D eigenvalue weighted by molar-refractivity contribution is -0.385. The predicted octanol–water partition coefficient (Wildman–Crippen LogP) is 4.12. The van der Waals surface area contributed by atoms with Gasteiger partial charge in [0, 0.05) is 22.3 Å². The standard InChI is InChI=1S/C14H11BrN2O3/c1-9-3-2-4-12(5-9)16-8-10-6-11(15)7-13(14(10)18)17(19)20/h2-8,18H,1H3. The summed E-state index contributed by atoms with van der Waals surface area (Å²) in [5.41, 5.74) is 1.70. The molecule has 0 aromatic heterocycles. The van der Waals surface area contributed by atoms with Crippen LogP contribution in [0.2, 0.25) is 0 Å². The minimum Gasteiger partial charge on any atom is -0.502 e. The first-order valence-corrected chi connectivity index (χ1v) is 6.54. The highest BCUT2D eigenvalue weighted by atomic mass is 79.9. The van der Waals surface area contributed by atoms with E-state index in [0.29, 0.717) is 10.2 Å². The second kappa shape index (κ2) is 5.83. The number of aliphatic imine (C=N–C) groups is 1. The quantitative estimate of drug-likeness (QED) is 0.521. The molecule has 20 heavy (non-hydrogen) atoms. The Morgan fingerprint density at radius 3 is 2.75 bits per heavy atom. The van der Waals surface area contributed by atoms with E-state index in [1.807, 2.05) is 31.2 Å². The lowest BCUT2D eigenvalue weighted by Gasteiger charge is -2.02. The second-order valence-corrected chi connectivity index (χ2v) is 5.13. The molecule has 0 saturated heterocycles. The lowest BCUT2D eigenvalue weighted by Crippen LogP contribution is -1.92. The van der Waals surface area contributed by atoms with E-state index in [1.54, 1.807) is 6.07 Å². The van der Waals surface area contributed by atoms with Gasteiger partial charge >= 0.3 is 5.69 Å². The van der Waals surface area contributed by atoms with Crippen LogP contribution in [0.15, 0.2) is 45.9 Å². The molecule has 0 atom stereocenters. The first-order valence-electron chi connectivity index (χ1n) is 5.75. The average molecular weight is 335 g/mol. The fourth-order valence-electron chi connectivity index (χ4n) is 1.70. The van der Waals surface area contributed by atoms with Gasteiger partial charge in [-0.05, 0) is 30.7 Å². The van der Waals surface area contributed by atoms with Crippen LogP contribution in [0.3, 0.4) is 0 Å². The molecule has 0 amide bonds. The van der Waals surface area contributed by atoms with Gasteiger partial charge in [-0.15, -0.1) is 0 Å². The van der Waals surface area contributed by atoms with Crippen molar-refractivity contribution in [2.45, 2.75) is 6.92 Å². The fourth-order valence-corrected chi connectivity index (χ4v) is 2.16. The maximum absolute atomic E-state index is 10.8. The van der Waals surface area contributed by atoms with Gasteiger partial charge < -0.3 is 5.11 Å². The average Bonchev–Trinajstić information content (AvgIpc) is 2.39. The SMILES string of the molecule is Cc1cccc(N=Cc2cc(Br)cc([N+](=O)[O-])c2O)c1. The highest BCUT2D eigenvalue weighted by Crippen LogP contribution is 2.32. The van der Waals surface area contributed by atoms with E-state index in [1.165, 1.54) is 12.3 Å². The van der Waals surface area contributed by atoms with Gasteiger partial charge in [0.2, 0.25) is 5.75 Å². The highest BCUT2D eigenvalue weighted by molar-refractivity contribution is 9.10. The Kier molecular flexibility index (Phi) is 4.14. The molecular formula is C14H11BrN2O3. The number of aromatic hydroxyl groups is 1. The minimum atomic E-state index is -0.635. The van der Waals surface area contributed by atoms with Crippen LogP contribution < -0.4 is 0 Å². The Labute approximate surface area is 123 Å². The summed E-state index contributed by atoms with van der Waals surface area (Å²) in [7, 11) is 0. The van der Waals surface area contributed by atoms with E-state index in [9.17, 15) is 15.2 Å². The molecule has 0 aliphatic rings. The summed E-state index contributed by atoms with van der Waals surface area (Å²) in [6, 6.07) is 10.3. The van der Waals surface area contributed by atoms with E-state index >= 15 is 0 Å². The van der Waals surface area contributed by atoms with Crippen molar-refractivity contribution in [3.63, 3.8) is 0 Å². The maximum atomic E-state index is 10.8. The number of hydrogen-bond donors (Lipinski definition) is 1. The van der Waals surface area contributed by atoms with Crippen LogP contribution in [0.5, 0.6) is 5.75 Å². The van der Waals surface area contributed by atoms with Gasteiger partial charge in [-0.1, -0.05) is 28.1 Å². The van der Waals surface area contributed by atoms with Gasteiger partial charge in [0.05, 0.1) is 10.6 Å². The summed E-state index contributed by atoms with van der Waals surface area (Å²) in [5, 5.41) is 20.7. The molecule has 102 valence electrons. The van der Waals surface area contributed by atoms with Crippen molar-refractivity contribution in [3.8, 4) is 5.75 Å². The molecule has 0 saturated carbocycles. The van der Waals surface area contributed by atoms with E-state index in [2.05, 4.69) is 20.9 Å². The van der Waals surface area contributed by atoms with E-state index in [0.717, 1.165) is 5.56 Å². The monoisotopic (exact) mass is 334 g/mol. The van der Waals surface area contributed by atoms with Crippen molar-refractivity contribution in [3.05, 3.63) is 62.1 Å². The minimum absolute atomic E-state index is 0.285. The number of phenols is 1. The third kappa shape index (κ3) is 3.21. The zero-order valence-electron chi connectivity index (χ0n) is 10.6. The summed E-state index contributed by atoms with van der Waals surface area (Å²) in [6.07, 6.45) is 1.40. The molecule has 2 aromatic rings. The molecular weight excluding hydrogens is 324 g/mol. The van der Waals surface area contributed by atoms with Gasteiger partial charge in [-0.2, -0.15) is 0 Å². The van der Waals surface area contributed by atoms with Crippen molar-refractivity contribution in [2.75, 3.05) is 0 Å². The molecule has 5 nitrogen and oxygen atoms in total. The molecule has 1 N–H and O–H groups in total. The number of rotatable bonds is 3. The first kappa shape index (κ1) is 14.2. The molecule has 0 bridgehead atoms. The fraction of sp³-hybridized carbons (Fsp3) is 0.0714. The van der Waals surface area contributed by atoms with Crippen LogP contribution in [0.1, 0.15) is 11.1 Å². The molecule has 0 spiro atoms. The predicted molar refractivity (Wildman–Crippen MR) is 80.9 cm³/mol. The summed E-state index contributed by atoms with van der Waals surface area (Å²) in [4.78, 5) is 14.4. The van der Waals surface area contributed by atoms with Crippen molar-refractivity contribution in [1.82, 2.24) is 0 Å². The summed E-state index contributed by atoms with van der Waals surface area (Å²) in [5.74, 6) is -0.394. The molecule has 0 fully saturated rings. The number of halogens is 1. The number of nitro groups is 1. The Morgan fingerprint density at radius 2 is 2.10 bits per heavy atom. The Morgan fingerprint density at radius 1 is 1.35 bits per heavy atom. The van der Waals surface area contributed by atoms with E-state index < -0.39 is 10.7 Å². The number of aryl methyl sites for hydroxylation is 1. The number of nitrogens with zero attached hydrogens (tertiary/aromatic N) is 2. The highest BCUT2D eigenvalue weighted by Gasteiger charge is 2.17. The number of phenolic OH excluding ortho intramolecular Hbond substituents is 1. The van der Waals surface area contributed by atoms with Crippen LogP contribution >= 0.6 is 15.9 Å². The Balaban J connectivity index is 2.41. The third-order valence-electron chi connectivity index (χ3n) is 2.64. The van der Waals surface area contributed by atoms with Crippen molar-refractivity contribution < 1.29 is 10.0 Å². The van der Waals surface area contributed by atoms with Gasteiger partial charge in [0.25, 0.3) is 0 Å². The summed E-state index contributed by atoms with van der Waals surface area (Å²) < 4.78 is 0.507. The molecule has 0 heterocycles. The van der Waals surface area contributed by atoms with Gasteiger partial charge in [0.1, 0.15) is 0 Å². The van der Waals surface area contributed by atoms with Crippen LogP contribution in [0, 0.1) is 17.0 Å². The number of nitro benzene ring substituents is 1. The number of benzene rings is 2. The summed E-state index contributed by atoms with van der Waals surface area (Å²) >= 11 is 3.18. The van der Waals surface area contributed by atoms with Crippen LogP contribution in [-0.2, 0) is 0 Å². The first-order chi connectivity index (χ1) is 9.47. The molecule has 0 aliphatic carbocycles. The van der Waals surface area contributed by atoms with Crippen LogP contribution in [0.4, 0.5) is 11.4 Å². The third-order valence-corrected chi connectivity index (χ3v) is 3.09. The normalized spacial score (nSPS) is 10.9.